The second-order valence-corrected chi connectivity index (χ2v) is 5.76. The molecule has 1 unspecified atom stereocenters. The second-order valence-electron chi connectivity index (χ2n) is 5.76. The van der Waals surface area contributed by atoms with Crippen LogP contribution in [0.2, 0.25) is 0 Å². The van der Waals surface area contributed by atoms with Gasteiger partial charge in [0.2, 0.25) is 0 Å². The number of hydrogen-bond donors (Lipinski definition) is 1. The van der Waals surface area contributed by atoms with Crippen LogP contribution in [-0.2, 0) is 13.0 Å². The molecule has 1 atom stereocenters. The molecule has 1 N–H and O–H groups in total. The molecule has 0 saturated carbocycles. The van der Waals surface area contributed by atoms with E-state index in [1.807, 2.05) is 18.2 Å². The van der Waals surface area contributed by atoms with E-state index in [0.717, 1.165) is 30.9 Å². The van der Waals surface area contributed by atoms with Crippen molar-refractivity contribution in [2.24, 2.45) is 0 Å². The lowest BCUT2D eigenvalue weighted by Crippen LogP contribution is -2.24. The molecule has 0 fully saturated rings. The molecule has 0 aliphatic carbocycles. The van der Waals surface area contributed by atoms with Crippen LogP contribution in [0.3, 0.4) is 0 Å². The number of methoxy groups -OCH3 is 1. The smallest absolute Gasteiger partial charge is 0.161 e. The van der Waals surface area contributed by atoms with Crippen LogP contribution in [0.5, 0.6) is 11.5 Å². The van der Waals surface area contributed by atoms with E-state index in [2.05, 4.69) is 49.5 Å². The fourth-order valence-electron chi connectivity index (χ4n) is 2.30. The lowest BCUT2D eigenvalue weighted by atomic mass is 10.1. The highest BCUT2D eigenvalue weighted by Crippen LogP contribution is 2.28. The summed E-state index contributed by atoms with van der Waals surface area (Å²) in [6.45, 7) is 5.86. The Morgan fingerprint density at radius 1 is 1.00 bits per heavy atom. The summed E-state index contributed by atoms with van der Waals surface area (Å²) >= 11 is 0. The Morgan fingerprint density at radius 3 is 2.42 bits per heavy atom. The molecule has 0 aliphatic rings. The molecule has 24 heavy (non-hydrogen) atoms. The summed E-state index contributed by atoms with van der Waals surface area (Å²) in [6, 6.07) is 17.0. The Balaban J connectivity index is 0.00000288. The van der Waals surface area contributed by atoms with Crippen LogP contribution in [0.4, 0.5) is 0 Å². The van der Waals surface area contributed by atoms with Crippen molar-refractivity contribution in [3.63, 3.8) is 0 Å². The average Bonchev–Trinajstić information content (AvgIpc) is 2.61. The minimum Gasteiger partial charge on any atom is -0.493 e. The summed E-state index contributed by atoms with van der Waals surface area (Å²) in [6.07, 6.45) is 2.01. The monoisotopic (exact) mass is 349 g/mol. The number of halogens is 1. The molecule has 4 heteroatoms. The van der Waals surface area contributed by atoms with Gasteiger partial charge in [0, 0.05) is 19.0 Å². The van der Waals surface area contributed by atoms with Crippen molar-refractivity contribution in [3.8, 4) is 11.5 Å². The van der Waals surface area contributed by atoms with Crippen molar-refractivity contribution in [2.75, 3.05) is 13.7 Å². The van der Waals surface area contributed by atoms with Gasteiger partial charge in [-0.1, -0.05) is 43.3 Å². The fraction of sp³-hybridized carbons (Fsp3) is 0.400. The van der Waals surface area contributed by atoms with Crippen molar-refractivity contribution < 1.29 is 9.47 Å². The predicted octanol–water partition coefficient (Wildman–Crippen LogP) is 4.63. The molecule has 2 rings (SSSR count). The summed E-state index contributed by atoms with van der Waals surface area (Å²) in [5, 5.41) is 3.49. The molecule has 2 aromatic rings. The molecule has 0 aromatic heterocycles. The summed E-state index contributed by atoms with van der Waals surface area (Å²) in [5.41, 5.74) is 2.48. The predicted molar refractivity (Wildman–Crippen MR) is 102 cm³/mol. The first kappa shape index (κ1) is 20.3. The fourth-order valence-corrected chi connectivity index (χ4v) is 2.30. The Kier molecular flexibility index (Phi) is 9.28. The van der Waals surface area contributed by atoms with Gasteiger partial charge in [0.25, 0.3) is 0 Å². The van der Waals surface area contributed by atoms with E-state index in [-0.39, 0.29) is 12.4 Å². The van der Waals surface area contributed by atoms with Gasteiger partial charge in [-0.3, -0.25) is 0 Å². The van der Waals surface area contributed by atoms with Crippen LogP contribution >= 0.6 is 12.4 Å². The lowest BCUT2D eigenvalue weighted by molar-refractivity contribution is 0.297. The van der Waals surface area contributed by atoms with Crippen LogP contribution in [-0.4, -0.2) is 19.8 Å². The standard InChI is InChI=1S/C20H27NO2.ClH/c1-4-16(2)21-15-18-10-11-19(20(14-18)22-3)23-13-12-17-8-6-5-7-9-17;/h5-11,14,16,21H,4,12-13,15H2,1-3H3;1H. The summed E-state index contributed by atoms with van der Waals surface area (Å²) < 4.78 is 11.4. The maximum atomic E-state index is 5.89. The first-order valence-electron chi connectivity index (χ1n) is 8.30. The largest absolute Gasteiger partial charge is 0.493 e. The highest BCUT2D eigenvalue weighted by Gasteiger charge is 2.07. The van der Waals surface area contributed by atoms with E-state index in [0.29, 0.717) is 12.6 Å². The van der Waals surface area contributed by atoms with Gasteiger partial charge in [-0.25, -0.2) is 0 Å². The average molecular weight is 350 g/mol. The number of hydrogen-bond acceptors (Lipinski definition) is 3. The SMILES string of the molecule is CCC(C)NCc1ccc(OCCc2ccccc2)c(OC)c1.Cl. The molecule has 0 spiro atoms. The molecule has 3 nitrogen and oxygen atoms in total. The minimum absolute atomic E-state index is 0. The first-order chi connectivity index (χ1) is 11.2. The third-order valence-electron chi connectivity index (χ3n) is 3.99. The molecular weight excluding hydrogens is 322 g/mol. The highest BCUT2D eigenvalue weighted by atomic mass is 35.5. The Labute approximate surface area is 151 Å². The summed E-state index contributed by atoms with van der Waals surface area (Å²) in [4.78, 5) is 0. The van der Waals surface area contributed by atoms with Gasteiger partial charge >= 0.3 is 0 Å². The summed E-state index contributed by atoms with van der Waals surface area (Å²) in [5.74, 6) is 1.59. The van der Waals surface area contributed by atoms with E-state index in [9.17, 15) is 0 Å². The maximum absolute atomic E-state index is 5.89. The molecule has 132 valence electrons. The Bertz CT molecular complexity index is 589. The number of benzene rings is 2. The minimum atomic E-state index is 0. The van der Waals surface area contributed by atoms with E-state index >= 15 is 0 Å². The van der Waals surface area contributed by atoms with Crippen molar-refractivity contribution >= 4 is 12.4 Å². The topological polar surface area (TPSA) is 30.5 Å². The van der Waals surface area contributed by atoms with Crippen LogP contribution in [0.15, 0.2) is 48.5 Å². The number of ether oxygens (including phenoxy) is 2. The molecule has 0 radical (unpaired) electrons. The van der Waals surface area contributed by atoms with Crippen molar-refractivity contribution in [1.29, 1.82) is 0 Å². The van der Waals surface area contributed by atoms with Crippen molar-refractivity contribution in [2.45, 2.75) is 39.3 Å². The molecule has 0 heterocycles. The van der Waals surface area contributed by atoms with Gasteiger partial charge in [-0.15, -0.1) is 12.4 Å². The van der Waals surface area contributed by atoms with Crippen molar-refractivity contribution in [1.82, 2.24) is 5.32 Å². The van der Waals surface area contributed by atoms with Gasteiger partial charge in [-0.05, 0) is 36.6 Å². The van der Waals surface area contributed by atoms with Crippen LogP contribution in [0.1, 0.15) is 31.4 Å². The maximum Gasteiger partial charge on any atom is 0.161 e. The highest BCUT2D eigenvalue weighted by molar-refractivity contribution is 5.85. The summed E-state index contributed by atoms with van der Waals surface area (Å²) in [7, 11) is 1.69. The van der Waals surface area contributed by atoms with Crippen LogP contribution in [0, 0.1) is 0 Å². The molecule has 0 saturated heterocycles. The molecular formula is C20H28ClNO2. The number of rotatable bonds is 9. The zero-order valence-electron chi connectivity index (χ0n) is 14.7. The lowest BCUT2D eigenvalue weighted by Gasteiger charge is -2.14. The van der Waals surface area contributed by atoms with E-state index < -0.39 is 0 Å². The zero-order valence-corrected chi connectivity index (χ0v) is 15.6. The zero-order chi connectivity index (χ0) is 16.5. The second kappa shape index (κ2) is 11.0. The number of nitrogens with one attached hydrogen (secondary N) is 1. The van der Waals surface area contributed by atoms with Crippen molar-refractivity contribution in [3.05, 3.63) is 59.7 Å². The van der Waals surface area contributed by atoms with E-state index in [1.165, 1.54) is 11.1 Å². The van der Waals surface area contributed by atoms with E-state index in [4.69, 9.17) is 9.47 Å². The van der Waals surface area contributed by atoms with Gasteiger partial charge in [0.1, 0.15) is 0 Å². The normalized spacial score (nSPS) is 11.5. The van der Waals surface area contributed by atoms with Gasteiger partial charge in [0.15, 0.2) is 11.5 Å². The first-order valence-corrected chi connectivity index (χ1v) is 8.30. The van der Waals surface area contributed by atoms with Crippen LogP contribution < -0.4 is 14.8 Å². The quantitative estimate of drug-likeness (QED) is 0.716. The molecule has 2 aromatic carbocycles. The van der Waals surface area contributed by atoms with Gasteiger partial charge in [0.05, 0.1) is 13.7 Å². The Hall–Kier alpha value is -1.71. The van der Waals surface area contributed by atoms with Gasteiger partial charge in [-0.2, -0.15) is 0 Å². The van der Waals surface area contributed by atoms with Gasteiger partial charge < -0.3 is 14.8 Å². The van der Waals surface area contributed by atoms with Crippen LogP contribution in [0.25, 0.3) is 0 Å². The molecule has 0 bridgehead atoms. The Morgan fingerprint density at radius 2 is 1.75 bits per heavy atom. The third kappa shape index (κ3) is 6.42. The third-order valence-corrected chi connectivity index (χ3v) is 3.99. The molecule has 0 aliphatic heterocycles. The van der Waals surface area contributed by atoms with E-state index in [1.54, 1.807) is 7.11 Å². The molecule has 0 amide bonds.